The third-order valence-corrected chi connectivity index (χ3v) is 8.89. The molecular weight excluding hydrogens is 480 g/mol. The number of methoxy groups -OCH3 is 1. The molecule has 3 aliphatic rings. The first-order chi connectivity index (χ1) is 18.3. The molecule has 0 N–H and O–H groups in total. The van der Waals surface area contributed by atoms with Gasteiger partial charge in [0.2, 0.25) is 0 Å². The number of likely N-dealkylation sites (tertiary alicyclic amines) is 1. The van der Waals surface area contributed by atoms with Gasteiger partial charge in [0.1, 0.15) is 18.0 Å². The molecule has 2 aliphatic carbocycles. The van der Waals surface area contributed by atoms with Crippen LogP contribution in [0.3, 0.4) is 0 Å². The average Bonchev–Trinajstić information content (AvgIpc) is 3.75. The number of piperidine rings is 1. The largest absolute Gasteiger partial charge is 0.497 e. The summed E-state index contributed by atoms with van der Waals surface area (Å²) in [4.78, 5) is 30.0. The third kappa shape index (κ3) is 5.39. The summed E-state index contributed by atoms with van der Waals surface area (Å²) in [6.07, 6.45) is 5.22. The normalized spacial score (nSPS) is 27.2. The lowest BCUT2D eigenvalue weighted by atomic mass is 9.55. The summed E-state index contributed by atoms with van der Waals surface area (Å²) in [5.41, 5.74) is 0.968. The standard InChI is InChI=1S/C31H40N2O5/c1-23(34)38-31-15-14-27(32(2)29(35)37-21-25-8-5-4-6-9-25)19-30(31,26-10-7-11-28(18-26)36-3)16-17-33(22-31)20-24-12-13-24/h4-11,18,24,27H,12-17,19-22H2,1-3H3/t27-,30+,31+/m1/s1. The van der Waals surface area contributed by atoms with Gasteiger partial charge in [0, 0.05) is 38.5 Å². The first-order valence-corrected chi connectivity index (χ1v) is 13.8. The quantitative estimate of drug-likeness (QED) is 0.447. The van der Waals surface area contributed by atoms with Crippen LogP contribution >= 0.6 is 0 Å². The molecule has 2 saturated carbocycles. The van der Waals surface area contributed by atoms with Gasteiger partial charge < -0.3 is 19.1 Å². The molecule has 0 unspecified atom stereocenters. The van der Waals surface area contributed by atoms with Gasteiger partial charge in [-0.25, -0.2) is 4.79 Å². The zero-order valence-electron chi connectivity index (χ0n) is 22.9. The van der Waals surface area contributed by atoms with Gasteiger partial charge in [-0.3, -0.25) is 9.69 Å². The number of hydrogen-bond donors (Lipinski definition) is 0. The summed E-state index contributed by atoms with van der Waals surface area (Å²) in [5.74, 6) is 1.29. The predicted molar refractivity (Wildman–Crippen MR) is 145 cm³/mol. The molecule has 7 nitrogen and oxygen atoms in total. The number of carbonyl (C=O) groups is 2. The molecule has 2 aromatic rings. The van der Waals surface area contributed by atoms with Crippen molar-refractivity contribution in [3.8, 4) is 5.75 Å². The fourth-order valence-electron chi connectivity index (χ4n) is 6.70. The Morgan fingerprint density at radius 1 is 1.05 bits per heavy atom. The monoisotopic (exact) mass is 520 g/mol. The van der Waals surface area contributed by atoms with Crippen LogP contribution in [0.5, 0.6) is 5.75 Å². The number of esters is 1. The molecule has 7 heteroatoms. The van der Waals surface area contributed by atoms with E-state index in [-0.39, 0.29) is 24.7 Å². The summed E-state index contributed by atoms with van der Waals surface area (Å²) < 4.78 is 17.7. The minimum absolute atomic E-state index is 0.0388. The minimum Gasteiger partial charge on any atom is -0.497 e. The molecule has 3 fully saturated rings. The van der Waals surface area contributed by atoms with Crippen LogP contribution in [-0.4, -0.2) is 67.3 Å². The maximum absolute atomic E-state index is 13.1. The van der Waals surface area contributed by atoms with Crippen LogP contribution in [0.1, 0.15) is 56.6 Å². The van der Waals surface area contributed by atoms with Crippen LogP contribution < -0.4 is 4.74 Å². The maximum atomic E-state index is 13.1. The van der Waals surface area contributed by atoms with Crippen molar-refractivity contribution in [1.29, 1.82) is 0 Å². The molecule has 1 heterocycles. The summed E-state index contributed by atoms with van der Waals surface area (Å²) in [7, 11) is 3.51. The van der Waals surface area contributed by atoms with Crippen molar-refractivity contribution in [3.05, 3.63) is 65.7 Å². The van der Waals surface area contributed by atoms with Gasteiger partial charge in [-0.15, -0.1) is 0 Å². The Bertz CT molecular complexity index is 1140. The number of hydrogen-bond acceptors (Lipinski definition) is 6. The van der Waals surface area contributed by atoms with E-state index in [1.54, 1.807) is 12.0 Å². The van der Waals surface area contributed by atoms with Crippen molar-refractivity contribution >= 4 is 12.1 Å². The number of amides is 1. The Morgan fingerprint density at radius 3 is 2.55 bits per heavy atom. The zero-order chi connectivity index (χ0) is 26.8. The van der Waals surface area contributed by atoms with Gasteiger partial charge >= 0.3 is 12.1 Å². The Morgan fingerprint density at radius 2 is 1.84 bits per heavy atom. The van der Waals surface area contributed by atoms with E-state index >= 15 is 0 Å². The average molecular weight is 521 g/mol. The van der Waals surface area contributed by atoms with Crippen LogP contribution in [0.2, 0.25) is 0 Å². The fourth-order valence-corrected chi connectivity index (χ4v) is 6.70. The Kier molecular flexibility index (Phi) is 7.66. The third-order valence-electron chi connectivity index (χ3n) is 8.89. The molecule has 38 heavy (non-hydrogen) atoms. The number of rotatable bonds is 8. The summed E-state index contributed by atoms with van der Waals surface area (Å²) in [5, 5.41) is 0. The van der Waals surface area contributed by atoms with Crippen molar-refractivity contribution in [3.63, 3.8) is 0 Å². The molecule has 1 saturated heterocycles. The smallest absolute Gasteiger partial charge is 0.410 e. The number of benzene rings is 2. The Labute approximate surface area is 226 Å². The van der Waals surface area contributed by atoms with Gasteiger partial charge in [-0.1, -0.05) is 42.5 Å². The van der Waals surface area contributed by atoms with Crippen molar-refractivity contribution in [1.82, 2.24) is 9.80 Å². The summed E-state index contributed by atoms with van der Waals surface area (Å²) in [6, 6.07) is 17.9. The van der Waals surface area contributed by atoms with Gasteiger partial charge in [0.05, 0.1) is 7.11 Å². The second-order valence-corrected chi connectivity index (χ2v) is 11.4. The Balaban J connectivity index is 1.44. The molecule has 0 aromatic heterocycles. The van der Waals surface area contributed by atoms with Crippen LogP contribution in [0.25, 0.3) is 0 Å². The molecule has 0 radical (unpaired) electrons. The number of fused-ring (bicyclic) bond motifs is 1. The van der Waals surface area contributed by atoms with Crippen molar-refractivity contribution in [2.45, 2.75) is 69.1 Å². The lowest BCUT2D eigenvalue weighted by Crippen LogP contribution is -2.68. The second-order valence-electron chi connectivity index (χ2n) is 11.4. The highest BCUT2D eigenvalue weighted by Gasteiger charge is 2.61. The van der Waals surface area contributed by atoms with E-state index in [1.165, 1.54) is 19.8 Å². The number of ether oxygens (including phenoxy) is 3. The fraction of sp³-hybridized carbons (Fsp3) is 0.548. The van der Waals surface area contributed by atoms with E-state index in [0.29, 0.717) is 12.8 Å². The van der Waals surface area contributed by atoms with Crippen LogP contribution in [0.4, 0.5) is 4.79 Å². The van der Waals surface area contributed by atoms with E-state index < -0.39 is 11.0 Å². The van der Waals surface area contributed by atoms with Gasteiger partial charge in [-0.05, 0) is 74.2 Å². The van der Waals surface area contributed by atoms with E-state index in [9.17, 15) is 9.59 Å². The summed E-state index contributed by atoms with van der Waals surface area (Å²) >= 11 is 0. The van der Waals surface area contributed by atoms with Gasteiger partial charge in [-0.2, -0.15) is 0 Å². The predicted octanol–water partition coefficient (Wildman–Crippen LogP) is 5.17. The van der Waals surface area contributed by atoms with Crippen LogP contribution in [0, 0.1) is 5.92 Å². The maximum Gasteiger partial charge on any atom is 0.410 e. The van der Waals surface area contributed by atoms with Crippen molar-refractivity contribution in [2.24, 2.45) is 5.92 Å². The second kappa shape index (κ2) is 11.0. The molecule has 0 spiro atoms. The summed E-state index contributed by atoms with van der Waals surface area (Å²) in [6.45, 7) is 4.47. The van der Waals surface area contributed by atoms with Crippen molar-refractivity contribution < 1.29 is 23.8 Å². The SMILES string of the molecule is COc1cccc([C@@]23CCN(CC4CC4)C[C@@]2(OC(C)=O)CC[C@@H](N(C)C(=O)OCc2ccccc2)C3)c1. The first-order valence-electron chi connectivity index (χ1n) is 13.8. The molecule has 3 atom stereocenters. The lowest BCUT2D eigenvalue weighted by molar-refractivity contribution is -0.189. The molecule has 1 amide bonds. The van der Waals surface area contributed by atoms with Crippen LogP contribution in [-0.2, 0) is 26.3 Å². The minimum atomic E-state index is -0.663. The molecule has 2 aromatic carbocycles. The Hall–Kier alpha value is -3.06. The van der Waals surface area contributed by atoms with Gasteiger partial charge in [0.25, 0.3) is 0 Å². The molecule has 1 aliphatic heterocycles. The van der Waals surface area contributed by atoms with E-state index in [4.69, 9.17) is 14.2 Å². The molecule has 0 bridgehead atoms. The molecular formula is C31H40N2O5. The van der Waals surface area contributed by atoms with E-state index in [1.807, 2.05) is 49.5 Å². The topological polar surface area (TPSA) is 68.3 Å². The van der Waals surface area contributed by atoms with E-state index in [2.05, 4.69) is 17.0 Å². The highest BCUT2D eigenvalue weighted by molar-refractivity contribution is 5.68. The lowest BCUT2D eigenvalue weighted by Gasteiger charge is -2.60. The van der Waals surface area contributed by atoms with E-state index in [0.717, 1.165) is 55.3 Å². The highest BCUT2D eigenvalue weighted by Crippen LogP contribution is 2.55. The van der Waals surface area contributed by atoms with Gasteiger partial charge in [0.15, 0.2) is 0 Å². The van der Waals surface area contributed by atoms with Crippen molar-refractivity contribution in [2.75, 3.05) is 33.8 Å². The molecule has 204 valence electrons. The van der Waals surface area contributed by atoms with Crippen LogP contribution in [0.15, 0.2) is 54.6 Å². The number of nitrogens with zero attached hydrogens (tertiary/aromatic N) is 2. The highest BCUT2D eigenvalue weighted by atomic mass is 16.6. The first kappa shape index (κ1) is 26.5. The number of carbonyl (C=O) groups excluding carboxylic acids is 2. The molecule has 5 rings (SSSR count). The zero-order valence-corrected chi connectivity index (χ0v) is 22.9.